The molecule has 1 saturated carbocycles. The third kappa shape index (κ3) is 2.50. The quantitative estimate of drug-likeness (QED) is 0.922. The lowest BCUT2D eigenvalue weighted by molar-refractivity contribution is 0.184. The molecule has 0 unspecified atom stereocenters. The molecule has 2 aromatic rings. The zero-order chi connectivity index (χ0) is 13.3. The van der Waals surface area contributed by atoms with Gasteiger partial charge < -0.3 is 10.2 Å². The summed E-state index contributed by atoms with van der Waals surface area (Å²) < 4.78 is 18.8. The smallest absolute Gasteiger partial charge is 0.196 e. The summed E-state index contributed by atoms with van der Waals surface area (Å²) in [7, 11) is 0. The summed E-state index contributed by atoms with van der Waals surface area (Å²) in [6, 6.07) is 4.46. The first-order valence-corrected chi connectivity index (χ1v) is 6.96. The molecule has 0 radical (unpaired) electrons. The lowest BCUT2D eigenvalue weighted by Gasteiger charge is -2.35. The normalized spacial score (nSPS) is 18.8. The molecule has 1 aliphatic rings. The van der Waals surface area contributed by atoms with Crippen molar-refractivity contribution in [2.75, 3.05) is 6.54 Å². The molecule has 1 heterocycles. The lowest BCUT2D eigenvalue weighted by atomic mass is 9.72. The number of nitrogens with zero attached hydrogens (tertiary/aromatic N) is 1. The minimum atomic E-state index is -0.290. The highest BCUT2D eigenvalue weighted by atomic mass is 19.1. The standard InChI is InChI=1S/C15H19FN2O/c16-11-4-5-12-13(8-11)19-14(18-12)9-15(10-17)6-2-1-3-7-15/h4-5,8H,1-3,6-7,9-10,17H2. The van der Waals surface area contributed by atoms with E-state index in [1.165, 1.54) is 31.4 Å². The minimum Gasteiger partial charge on any atom is -0.441 e. The van der Waals surface area contributed by atoms with Crippen LogP contribution in [0.2, 0.25) is 0 Å². The zero-order valence-corrected chi connectivity index (χ0v) is 11.0. The molecule has 0 spiro atoms. The van der Waals surface area contributed by atoms with Crippen LogP contribution in [0, 0.1) is 11.2 Å². The van der Waals surface area contributed by atoms with Crippen molar-refractivity contribution in [2.45, 2.75) is 38.5 Å². The highest BCUT2D eigenvalue weighted by Gasteiger charge is 2.32. The van der Waals surface area contributed by atoms with E-state index in [2.05, 4.69) is 4.98 Å². The van der Waals surface area contributed by atoms with E-state index in [1.54, 1.807) is 6.07 Å². The molecule has 3 nitrogen and oxygen atoms in total. The first-order valence-electron chi connectivity index (χ1n) is 6.96. The molecule has 102 valence electrons. The van der Waals surface area contributed by atoms with Crippen LogP contribution in [0.1, 0.15) is 38.0 Å². The number of oxazole rings is 1. The summed E-state index contributed by atoms with van der Waals surface area (Å²) in [5.41, 5.74) is 7.35. The van der Waals surface area contributed by atoms with E-state index in [1.807, 2.05) is 0 Å². The molecule has 1 aromatic carbocycles. The Hall–Kier alpha value is -1.42. The van der Waals surface area contributed by atoms with Crippen LogP contribution in [0.3, 0.4) is 0 Å². The largest absolute Gasteiger partial charge is 0.441 e. The molecule has 2 N–H and O–H groups in total. The molecule has 1 fully saturated rings. The second-order valence-electron chi connectivity index (χ2n) is 5.66. The Labute approximate surface area is 112 Å². The predicted octanol–water partition coefficient (Wildman–Crippen LogP) is 3.42. The van der Waals surface area contributed by atoms with E-state index in [9.17, 15) is 4.39 Å². The minimum absolute atomic E-state index is 0.123. The second kappa shape index (κ2) is 4.93. The Morgan fingerprint density at radius 2 is 2.05 bits per heavy atom. The van der Waals surface area contributed by atoms with Crippen LogP contribution in [0.15, 0.2) is 22.6 Å². The van der Waals surface area contributed by atoms with E-state index >= 15 is 0 Å². The number of hydrogen-bond acceptors (Lipinski definition) is 3. The molecule has 0 bridgehead atoms. The van der Waals surface area contributed by atoms with Crippen LogP contribution in [0.5, 0.6) is 0 Å². The van der Waals surface area contributed by atoms with Crippen molar-refractivity contribution in [2.24, 2.45) is 11.1 Å². The van der Waals surface area contributed by atoms with Crippen molar-refractivity contribution >= 4 is 11.1 Å². The maximum absolute atomic E-state index is 13.1. The van der Waals surface area contributed by atoms with E-state index < -0.39 is 0 Å². The van der Waals surface area contributed by atoms with Gasteiger partial charge in [-0.25, -0.2) is 9.37 Å². The van der Waals surface area contributed by atoms with Gasteiger partial charge in [0.15, 0.2) is 11.5 Å². The van der Waals surface area contributed by atoms with Crippen molar-refractivity contribution in [1.29, 1.82) is 0 Å². The molecule has 0 aliphatic heterocycles. The summed E-state index contributed by atoms with van der Waals surface area (Å²) in [5.74, 6) is 0.398. The first kappa shape index (κ1) is 12.6. The number of fused-ring (bicyclic) bond motifs is 1. The van der Waals surface area contributed by atoms with Gasteiger partial charge in [-0.05, 0) is 36.9 Å². The van der Waals surface area contributed by atoms with E-state index in [0.29, 0.717) is 18.0 Å². The maximum atomic E-state index is 13.1. The van der Waals surface area contributed by atoms with Gasteiger partial charge in [0.25, 0.3) is 0 Å². The topological polar surface area (TPSA) is 52.0 Å². The van der Waals surface area contributed by atoms with Gasteiger partial charge in [0.05, 0.1) is 0 Å². The maximum Gasteiger partial charge on any atom is 0.196 e. The van der Waals surface area contributed by atoms with Crippen LogP contribution < -0.4 is 5.73 Å². The van der Waals surface area contributed by atoms with Gasteiger partial charge in [0.2, 0.25) is 0 Å². The number of rotatable bonds is 3. The Balaban J connectivity index is 1.87. The Morgan fingerprint density at radius 3 is 2.79 bits per heavy atom. The van der Waals surface area contributed by atoms with Crippen LogP contribution in [0.4, 0.5) is 4.39 Å². The van der Waals surface area contributed by atoms with Crippen LogP contribution >= 0.6 is 0 Å². The van der Waals surface area contributed by atoms with Gasteiger partial charge in [0, 0.05) is 12.5 Å². The van der Waals surface area contributed by atoms with Gasteiger partial charge in [-0.2, -0.15) is 0 Å². The van der Waals surface area contributed by atoms with Gasteiger partial charge in [0.1, 0.15) is 11.3 Å². The molecule has 1 aromatic heterocycles. The van der Waals surface area contributed by atoms with Crippen LogP contribution in [-0.2, 0) is 6.42 Å². The molecular formula is C15H19FN2O. The predicted molar refractivity (Wildman–Crippen MR) is 72.2 cm³/mol. The van der Waals surface area contributed by atoms with Crippen molar-refractivity contribution in [3.8, 4) is 0 Å². The van der Waals surface area contributed by atoms with E-state index in [0.717, 1.165) is 24.8 Å². The molecule has 0 saturated heterocycles. The summed E-state index contributed by atoms with van der Waals surface area (Å²) in [6.07, 6.45) is 6.78. The number of hydrogen-bond donors (Lipinski definition) is 1. The Bertz CT molecular complexity index is 573. The molecule has 4 heteroatoms. The van der Waals surface area contributed by atoms with Gasteiger partial charge in [-0.15, -0.1) is 0 Å². The van der Waals surface area contributed by atoms with Crippen LogP contribution in [-0.4, -0.2) is 11.5 Å². The van der Waals surface area contributed by atoms with E-state index in [-0.39, 0.29) is 11.2 Å². The molecule has 0 atom stereocenters. The van der Waals surface area contributed by atoms with Crippen molar-refractivity contribution in [1.82, 2.24) is 4.98 Å². The number of halogens is 1. The monoisotopic (exact) mass is 262 g/mol. The fourth-order valence-corrected chi connectivity index (χ4v) is 3.10. The van der Waals surface area contributed by atoms with Gasteiger partial charge in [-0.1, -0.05) is 19.3 Å². The van der Waals surface area contributed by atoms with Crippen molar-refractivity contribution in [3.63, 3.8) is 0 Å². The number of nitrogens with two attached hydrogens (primary N) is 1. The van der Waals surface area contributed by atoms with Gasteiger partial charge >= 0.3 is 0 Å². The highest BCUT2D eigenvalue weighted by molar-refractivity contribution is 5.72. The fraction of sp³-hybridized carbons (Fsp3) is 0.533. The molecule has 1 aliphatic carbocycles. The van der Waals surface area contributed by atoms with Crippen LogP contribution in [0.25, 0.3) is 11.1 Å². The van der Waals surface area contributed by atoms with Crippen molar-refractivity contribution < 1.29 is 8.81 Å². The second-order valence-corrected chi connectivity index (χ2v) is 5.66. The fourth-order valence-electron chi connectivity index (χ4n) is 3.10. The van der Waals surface area contributed by atoms with Gasteiger partial charge in [-0.3, -0.25) is 0 Å². The highest BCUT2D eigenvalue weighted by Crippen LogP contribution is 2.38. The summed E-state index contributed by atoms with van der Waals surface area (Å²) in [6.45, 7) is 0.667. The average molecular weight is 262 g/mol. The molecular weight excluding hydrogens is 243 g/mol. The molecule has 0 amide bonds. The molecule has 19 heavy (non-hydrogen) atoms. The van der Waals surface area contributed by atoms with E-state index in [4.69, 9.17) is 10.2 Å². The first-order chi connectivity index (χ1) is 9.21. The summed E-state index contributed by atoms with van der Waals surface area (Å²) in [4.78, 5) is 4.45. The van der Waals surface area contributed by atoms with Crippen molar-refractivity contribution in [3.05, 3.63) is 29.9 Å². The third-order valence-corrected chi connectivity index (χ3v) is 4.27. The zero-order valence-electron chi connectivity index (χ0n) is 11.0. The molecule has 3 rings (SSSR count). The Kier molecular flexibility index (Phi) is 3.27. The SMILES string of the molecule is NCC1(Cc2nc3ccc(F)cc3o2)CCCCC1. The summed E-state index contributed by atoms with van der Waals surface area (Å²) in [5, 5.41) is 0. The number of aromatic nitrogens is 1. The Morgan fingerprint density at radius 1 is 1.26 bits per heavy atom. The third-order valence-electron chi connectivity index (χ3n) is 4.27. The summed E-state index contributed by atoms with van der Waals surface area (Å²) >= 11 is 0. The lowest BCUT2D eigenvalue weighted by Crippen LogP contribution is -2.35. The average Bonchev–Trinajstić information content (AvgIpc) is 2.81. The number of benzene rings is 1.